The summed E-state index contributed by atoms with van der Waals surface area (Å²) < 4.78 is 11.2. The molecule has 0 amide bonds. The molecule has 2 aromatic rings. The molecule has 0 spiro atoms. The van der Waals surface area contributed by atoms with Gasteiger partial charge in [0.15, 0.2) is 0 Å². The Morgan fingerprint density at radius 1 is 0.897 bits per heavy atom. The topological polar surface area (TPSA) is 86.8 Å². The summed E-state index contributed by atoms with van der Waals surface area (Å²) in [5.41, 5.74) is 10.1. The minimum absolute atomic E-state index is 0.203. The summed E-state index contributed by atoms with van der Waals surface area (Å²) in [5, 5.41) is 0. The van der Waals surface area contributed by atoms with Crippen LogP contribution in [0.5, 0.6) is 0 Å². The quantitative estimate of drug-likeness (QED) is 0.527. The average Bonchev–Trinajstić information content (AvgIpc) is 2.69. The van der Waals surface area contributed by atoms with Crippen molar-refractivity contribution in [1.82, 2.24) is 4.90 Å². The second-order valence-electron chi connectivity index (χ2n) is 8.34. The average molecular weight is 417 g/mol. The fourth-order valence-corrected chi connectivity index (χ4v) is 4.97. The van der Waals surface area contributed by atoms with Gasteiger partial charge in [0.25, 0.3) is 0 Å². The van der Waals surface area contributed by atoms with Crippen LogP contribution in [-0.4, -0.2) is 21.2 Å². The van der Waals surface area contributed by atoms with Crippen LogP contribution in [0.2, 0.25) is 0 Å². The van der Waals surface area contributed by atoms with E-state index in [9.17, 15) is 4.57 Å². The molecule has 0 aromatic heterocycles. The minimum atomic E-state index is -4.03. The predicted molar refractivity (Wildman–Crippen MR) is 117 cm³/mol. The lowest BCUT2D eigenvalue weighted by Gasteiger charge is -2.30. The Labute approximate surface area is 174 Å². The molecule has 158 valence electrons. The summed E-state index contributed by atoms with van der Waals surface area (Å²) in [6.07, 6.45) is 6.43. The van der Waals surface area contributed by atoms with Gasteiger partial charge in [-0.3, -0.25) is 9.46 Å². The maximum atomic E-state index is 11.2. The Kier molecular flexibility index (Phi) is 8.05. The normalized spacial score (nSPS) is 15.7. The molecule has 1 fully saturated rings. The van der Waals surface area contributed by atoms with E-state index in [0.29, 0.717) is 12.1 Å². The molecule has 0 bridgehead atoms. The fraction of sp³-hybridized carbons (Fsp3) is 0.478. The Bertz CT molecular complexity index is 813. The molecule has 1 aliphatic carbocycles. The highest BCUT2D eigenvalue weighted by Crippen LogP contribution is 2.39. The summed E-state index contributed by atoms with van der Waals surface area (Å²) >= 11 is 0. The van der Waals surface area contributed by atoms with Crippen molar-refractivity contribution in [2.24, 2.45) is 11.7 Å². The number of benzene rings is 2. The second kappa shape index (κ2) is 10.5. The smallest absolute Gasteiger partial charge is 0.326 e. The van der Waals surface area contributed by atoms with E-state index in [1.54, 1.807) is 0 Å². The molecule has 6 heteroatoms. The summed E-state index contributed by atoms with van der Waals surface area (Å²) in [4.78, 5) is 20.8. The molecule has 0 aliphatic heterocycles. The van der Waals surface area contributed by atoms with Gasteiger partial charge in [0.05, 0.1) is 6.16 Å². The summed E-state index contributed by atoms with van der Waals surface area (Å²) in [6.45, 7) is 3.35. The second-order valence-corrected chi connectivity index (χ2v) is 9.98. The highest BCUT2D eigenvalue weighted by Gasteiger charge is 2.18. The first-order valence-corrected chi connectivity index (χ1v) is 12.3. The van der Waals surface area contributed by atoms with Gasteiger partial charge in [0.1, 0.15) is 0 Å². The zero-order chi connectivity index (χ0) is 20.7. The van der Waals surface area contributed by atoms with E-state index < -0.39 is 7.60 Å². The maximum Gasteiger partial charge on any atom is 0.329 e. The van der Waals surface area contributed by atoms with Crippen LogP contribution in [0, 0.1) is 5.92 Å². The van der Waals surface area contributed by atoms with Gasteiger partial charge in [0, 0.05) is 26.2 Å². The molecule has 4 N–H and O–H groups in total. The van der Waals surface area contributed by atoms with Gasteiger partial charge in [0.2, 0.25) is 0 Å². The lowest BCUT2D eigenvalue weighted by molar-refractivity contribution is 0.187. The van der Waals surface area contributed by atoms with E-state index in [2.05, 4.69) is 29.2 Å². The number of hydrogen-bond donors (Lipinski definition) is 3. The van der Waals surface area contributed by atoms with Crippen molar-refractivity contribution in [3.8, 4) is 0 Å². The van der Waals surface area contributed by atoms with Gasteiger partial charge in [-0.2, -0.15) is 0 Å². The van der Waals surface area contributed by atoms with Gasteiger partial charge >= 0.3 is 7.60 Å². The molecule has 0 unspecified atom stereocenters. The van der Waals surface area contributed by atoms with E-state index in [1.807, 2.05) is 24.3 Å². The van der Waals surface area contributed by atoms with Crippen LogP contribution >= 0.6 is 7.60 Å². The van der Waals surface area contributed by atoms with E-state index in [0.717, 1.165) is 31.1 Å². The molecule has 0 heterocycles. The Morgan fingerprint density at radius 3 is 2.17 bits per heavy atom. The van der Waals surface area contributed by atoms with Crippen molar-refractivity contribution in [2.45, 2.75) is 57.9 Å². The molecule has 1 saturated carbocycles. The van der Waals surface area contributed by atoms with Crippen LogP contribution in [0.25, 0.3) is 0 Å². The van der Waals surface area contributed by atoms with Crippen LogP contribution < -0.4 is 5.73 Å². The summed E-state index contributed by atoms with van der Waals surface area (Å²) in [5.74, 6) is 0.746. The number of rotatable bonds is 9. The molecule has 29 heavy (non-hydrogen) atoms. The monoisotopic (exact) mass is 416 g/mol. The van der Waals surface area contributed by atoms with E-state index in [4.69, 9.17) is 15.5 Å². The van der Waals surface area contributed by atoms with Gasteiger partial charge in [-0.05, 0) is 41.0 Å². The number of nitrogens with two attached hydrogens (primary N) is 1. The molecule has 1 aliphatic rings. The molecule has 0 atom stereocenters. The third-order valence-electron chi connectivity index (χ3n) is 5.69. The van der Waals surface area contributed by atoms with Crippen LogP contribution in [-0.2, 0) is 30.4 Å². The molecule has 3 rings (SSSR count). The van der Waals surface area contributed by atoms with Crippen molar-refractivity contribution in [3.05, 3.63) is 70.8 Å². The molecule has 0 radical (unpaired) electrons. The molecular weight excluding hydrogens is 383 g/mol. The third kappa shape index (κ3) is 7.69. The zero-order valence-corrected chi connectivity index (χ0v) is 17.9. The Hall–Kier alpha value is -1.49. The van der Waals surface area contributed by atoms with E-state index in [-0.39, 0.29) is 6.16 Å². The number of hydrogen-bond acceptors (Lipinski definition) is 3. The highest BCUT2D eigenvalue weighted by atomic mass is 31.2. The fourth-order valence-electron chi connectivity index (χ4n) is 4.28. The van der Waals surface area contributed by atoms with E-state index in [1.165, 1.54) is 43.2 Å². The lowest BCUT2D eigenvalue weighted by atomic mass is 9.88. The first-order valence-electron chi connectivity index (χ1n) is 10.5. The highest BCUT2D eigenvalue weighted by molar-refractivity contribution is 7.50. The van der Waals surface area contributed by atoms with Crippen molar-refractivity contribution in [1.29, 1.82) is 0 Å². The minimum Gasteiger partial charge on any atom is -0.326 e. The van der Waals surface area contributed by atoms with Gasteiger partial charge < -0.3 is 15.5 Å². The van der Waals surface area contributed by atoms with Crippen molar-refractivity contribution in [3.63, 3.8) is 0 Å². The van der Waals surface area contributed by atoms with Crippen LogP contribution in [0.15, 0.2) is 48.5 Å². The standard InChI is InChI=1S/C23H33N2O3P/c24-14-22-7-4-8-23(13-22)17-25(15-19-5-2-1-3-6-19)16-20-9-11-21(12-10-20)18-29(26,27)28/h4,7-13,19H,1-3,5-6,14-18,24H2,(H2,26,27,28). The van der Waals surface area contributed by atoms with Crippen LogP contribution in [0.3, 0.4) is 0 Å². The lowest BCUT2D eigenvalue weighted by Crippen LogP contribution is -2.30. The van der Waals surface area contributed by atoms with Crippen molar-refractivity contribution in [2.75, 3.05) is 6.54 Å². The van der Waals surface area contributed by atoms with Crippen LogP contribution in [0.4, 0.5) is 0 Å². The van der Waals surface area contributed by atoms with Gasteiger partial charge in [-0.1, -0.05) is 67.8 Å². The maximum absolute atomic E-state index is 11.2. The summed E-state index contributed by atoms with van der Waals surface area (Å²) in [7, 11) is -4.03. The Morgan fingerprint density at radius 2 is 1.52 bits per heavy atom. The molecule has 5 nitrogen and oxygen atoms in total. The zero-order valence-electron chi connectivity index (χ0n) is 17.0. The van der Waals surface area contributed by atoms with Crippen LogP contribution in [0.1, 0.15) is 54.4 Å². The number of nitrogens with zero attached hydrogens (tertiary/aromatic N) is 1. The van der Waals surface area contributed by atoms with Gasteiger partial charge in [-0.15, -0.1) is 0 Å². The van der Waals surface area contributed by atoms with Crippen molar-refractivity contribution < 1.29 is 14.4 Å². The summed E-state index contributed by atoms with van der Waals surface area (Å²) in [6, 6.07) is 16.2. The van der Waals surface area contributed by atoms with Gasteiger partial charge in [-0.25, -0.2) is 0 Å². The molecular formula is C23H33N2O3P. The first-order chi connectivity index (χ1) is 13.9. The van der Waals surface area contributed by atoms with E-state index >= 15 is 0 Å². The van der Waals surface area contributed by atoms with Crippen molar-refractivity contribution >= 4 is 7.60 Å². The first kappa shape index (κ1) is 22.2. The largest absolute Gasteiger partial charge is 0.329 e. The molecule has 2 aromatic carbocycles. The third-order valence-corrected chi connectivity index (χ3v) is 6.47. The predicted octanol–water partition coefficient (Wildman–Crippen LogP) is 4.41. The Balaban J connectivity index is 1.70. The molecule has 0 saturated heterocycles. The SMILES string of the molecule is NCc1cccc(CN(Cc2ccc(CP(=O)(O)O)cc2)CC2CCCCC2)c1.